The molecule has 0 fully saturated rings. The van der Waals surface area contributed by atoms with E-state index >= 15 is 0 Å². The summed E-state index contributed by atoms with van der Waals surface area (Å²) < 4.78 is 0. The van der Waals surface area contributed by atoms with E-state index in [1.54, 1.807) is 0 Å². The average Bonchev–Trinajstić information content (AvgIpc) is 2.46. The molecule has 0 atom stereocenters. The van der Waals surface area contributed by atoms with Crippen molar-refractivity contribution in [3.8, 4) is 0 Å². The van der Waals surface area contributed by atoms with Crippen LogP contribution in [0.2, 0.25) is 0 Å². The Kier molecular flexibility index (Phi) is 4.35. The van der Waals surface area contributed by atoms with Gasteiger partial charge in [0.15, 0.2) is 0 Å². The molecule has 0 aliphatic heterocycles. The lowest BCUT2D eigenvalue weighted by Crippen LogP contribution is -2.20. The van der Waals surface area contributed by atoms with E-state index in [0.29, 0.717) is 5.84 Å². The Labute approximate surface area is 115 Å². The third-order valence-electron chi connectivity index (χ3n) is 3.10. The predicted octanol–water partition coefficient (Wildman–Crippen LogP) is 3.79. The van der Waals surface area contributed by atoms with E-state index in [9.17, 15) is 0 Å². The van der Waals surface area contributed by atoms with Crippen LogP contribution in [0, 0.1) is 5.92 Å². The second kappa shape index (κ2) is 6.19. The molecule has 0 aliphatic rings. The SMILES string of the molecule is CC(C)C(N)=NC(c1ccccc1)c1ccccc1. The first-order chi connectivity index (χ1) is 9.18. The van der Waals surface area contributed by atoms with Crippen LogP contribution in [0.5, 0.6) is 0 Å². The van der Waals surface area contributed by atoms with Crippen LogP contribution in [-0.2, 0) is 0 Å². The molecule has 0 spiro atoms. The van der Waals surface area contributed by atoms with Crippen molar-refractivity contribution in [2.75, 3.05) is 0 Å². The van der Waals surface area contributed by atoms with Gasteiger partial charge in [-0.1, -0.05) is 74.5 Å². The number of nitrogens with two attached hydrogens (primary N) is 1. The molecule has 0 bridgehead atoms. The fraction of sp³-hybridized carbons (Fsp3) is 0.235. The molecular formula is C17H20N2. The largest absolute Gasteiger partial charge is 0.387 e. The lowest BCUT2D eigenvalue weighted by atomic mass is 9.99. The third kappa shape index (κ3) is 3.44. The van der Waals surface area contributed by atoms with Crippen molar-refractivity contribution >= 4 is 5.84 Å². The Balaban J connectivity index is 2.43. The Morgan fingerprint density at radius 2 is 1.26 bits per heavy atom. The minimum Gasteiger partial charge on any atom is -0.387 e. The summed E-state index contributed by atoms with van der Waals surface area (Å²) in [6, 6.07) is 20.5. The molecular weight excluding hydrogens is 232 g/mol. The topological polar surface area (TPSA) is 38.4 Å². The maximum absolute atomic E-state index is 6.04. The minimum absolute atomic E-state index is 0.0233. The van der Waals surface area contributed by atoms with Crippen LogP contribution in [0.25, 0.3) is 0 Å². The smallest absolute Gasteiger partial charge is 0.102 e. The normalized spacial score (nSPS) is 12.1. The fourth-order valence-corrected chi connectivity index (χ4v) is 1.91. The van der Waals surface area contributed by atoms with Crippen molar-refractivity contribution in [2.24, 2.45) is 16.6 Å². The summed E-state index contributed by atoms with van der Waals surface area (Å²) in [5.41, 5.74) is 8.37. The molecule has 0 aliphatic carbocycles. The van der Waals surface area contributed by atoms with Gasteiger partial charge in [0.2, 0.25) is 0 Å². The molecule has 2 nitrogen and oxygen atoms in total. The van der Waals surface area contributed by atoms with Gasteiger partial charge in [-0.2, -0.15) is 0 Å². The summed E-state index contributed by atoms with van der Waals surface area (Å²) in [5.74, 6) is 0.952. The van der Waals surface area contributed by atoms with Crippen molar-refractivity contribution in [1.82, 2.24) is 0 Å². The molecule has 0 radical (unpaired) electrons. The van der Waals surface area contributed by atoms with E-state index in [1.165, 1.54) is 0 Å². The molecule has 0 heterocycles. The van der Waals surface area contributed by atoms with Crippen LogP contribution in [0.4, 0.5) is 0 Å². The summed E-state index contributed by atoms with van der Waals surface area (Å²) in [5, 5.41) is 0. The molecule has 0 aromatic heterocycles. The number of amidine groups is 1. The first kappa shape index (κ1) is 13.3. The highest BCUT2D eigenvalue weighted by atomic mass is 14.9. The van der Waals surface area contributed by atoms with Crippen molar-refractivity contribution in [3.05, 3.63) is 71.8 Å². The van der Waals surface area contributed by atoms with Gasteiger partial charge in [0.05, 0.1) is 5.84 Å². The maximum Gasteiger partial charge on any atom is 0.102 e. The third-order valence-corrected chi connectivity index (χ3v) is 3.10. The van der Waals surface area contributed by atoms with Gasteiger partial charge < -0.3 is 5.73 Å². The standard InChI is InChI=1S/C17H20N2/c1-13(2)17(18)19-16(14-9-5-3-6-10-14)15-11-7-4-8-12-15/h3-13,16H,1-2H3,(H2,18,19). The van der Waals surface area contributed by atoms with E-state index in [0.717, 1.165) is 11.1 Å². The molecule has 0 unspecified atom stereocenters. The Morgan fingerprint density at radius 1 is 0.842 bits per heavy atom. The monoisotopic (exact) mass is 252 g/mol. The zero-order valence-electron chi connectivity index (χ0n) is 11.5. The lowest BCUT2D eigenvalue weighted by molar-refractivity contribution is 0.810. The zero-order chi connectivity index (χ0) is 13.7. The van der Waals surface area contributed by atoms with Crippen LogP contribution in [0.1, 0.15) is 31.0 Å². The highest BCUT2D eigenvalue weighted by molar-refractivity contribution is 5.82. The van der Waals surface area contributed by atoms with E-state index in [2.05, 4.69) is 38.1 Å². The van der Waals surface area contributed by atoms with Crippen LogP contribution < -0.4 is 5.73 Å². The zero-order valence-corrected chi connectivity index (χ0v) is 11.5. The first-order valence-corrected chi connectivity index (χ1v) is 6.61. The molecule has 2 aromatic rings. The molecule has 2 heteroatoms. The molecule has 2 aromatic carbocycles. The van der Waals surface area contributed by atoms with Crippen LogP contribution in [0.3, 0.4) is 0 Å². The van der Waals surface area contributed by atoms with Crippen molar-refractivity contribution in [2.45, 2.75) is 19.9 Å². The van der Waals surface area contributed by atoms with Crippen molar-refractivity contribution in [1.29, 1.82) is 0 Å². The van der Waals surface area contributed by atoms with Gasteiger partial charge in [-0.05, 0) is 11.1 Å². The predicted molar refractivity (Wildman–Crippen MR) is 81.2 cm³/mol. The van der Waals surface area contributed by atoms with E-state index in [1.807, 2.05) is 36.4 Å². The highest BCUT2D eigenvalue weighted by Crippen LogP contribution is 2.26. The Hall–Kier alpha value is -2.09. The second-order valence-corrected chi connectivity index (χ2v) is 4.93. The highest BCUT2D eigenvalue weighted by Gasteiger charge is 2.13. The van der Waals surface area contributed by atoms with Gasteiger partial charge in [0, 0.05) is 5.92 Å². The Bertz CT molecular complexity index is 490. The number of benzene rings is 2. The van der Waals surface area contributed by atoms with Gasteiger partial charge in [0.1, 0.15) is 6.04 Å². The van der Waals surface area contributed by atoms with E-state index in [-0.39, 0.29) is 12.0 Å². The second-order valence-electron chi connectivity index (χ2n) is 4.93. The molecule has 0 saturated carbocycles. The average molecular weight is 252 g/mol. The van der Waals surface area contributed by atoms with E-state index < -0.39 is 0 Å². The molecule has 2 N–H and O–H groups in total. The summed E-state index contributed by atoms with van der Waals surface area (Å²) in [4.78, 5) is 4.71. The minimum atomic E-state index is -0.0233. The van der Waals surface area contributed by atoms with Crippen molar-refractivity contribution in [3.63, 3.8) is 0 Å². The lowest BCUT2D eigenvalue weighted by Gasteiger charge is -2.16. The number of rotatable bonds is 4. The fourth-order valence-electron chi connectivity index (χ4n) is 1.91. The van der Waals surface area contributed by atoms with E-state index in [4.69, 9.17) is 10.7 Å². The maximum atomic E-state index is 6.04. The van der Waals surface area contributed by atoms with Crippen LogP contribution in [-0.4, -0.2) is 5.84 Å². The molecule has 0 saturated heterocycles. The summed E-state index contributed by atoms with van der Waals surface area (Å²) >= 11 is 0. The van der Waals surface area contributed by atoms with Gasteiger partial charge >= 0.3 is 0 Å². The summed E-state index contributed by atoms with van der Waals surface area (Å²) in [7, 11) is 0. The van der Waals surface area contributed by atoms with Gasteiger partial charge in [-0.15, -0.1) is 0 Å². The van der Waals surface area contributed by atoms with Crippen molar-refractivity contribution < 1.29 is 0 Å². The number of aliphatic imine (C=N–C) groups is 1. The number of hydrogen-bond acceptors (Lipinski definition) is 1. The quantitative estimate of drug-likeness (QED) is 0.652. The molecule has 98 valence electrons. The number of hydrogen-bond donors (Lipinski definition) is 1. The molecule has 2 rings (SSSR count). The molecule has 0 amide bonds. The number of nitrogens with zero attached hydrogens (tertiary/aromatic N) is 1. The summed E-state index contributed by atoms with van der Waals surface area (Å²) in [6.45, 7) is 4.12. The van der Waals surface area contributed by atoms with Crippen LogP contribution >= 0.6 is 0 Å². The first-order valence-electron chi connectivity index (χ1n) is 6.61. The van der Waals surface area contributed by atoms with Gasteiger partial charge in [0.25, 0.3) is 0 Å². The summed E-state index contributed by atoms with van der Waals surface area (Å²) in [6.07, 6.45) is 0. The van der Waals surface area contributed by atoms with Gasteiger partial charge in [-0.3, -0.25) is 4.99 Å². The molecule has 19 heavy (non-hydrogen) atoms. The van der Waals surface area contributed by atoms with Gasteiger partial charge in [-0.25, -0.2) is 0 Å². The Morgan fingerprint density at radius 3 is 1.63 bits per heavy atom. The van der Waals surface area contributed by atoms with Crippen LogP contribution in [0.15, 0.2) is 65.7 Å².